The summed E-state index contributed by atoms with van der Waals surface area (Å²) in [7, 11) is -2.25. The summed E-state index contributed by atoms with van der Waals surface area (Å²) in [5, 5.41) is 3.26. The molecule has 0 bridgehead atoms. The molecular weight excluding hydrogens is 366 g/mol. The highest BCUT2D eigenvalue weighted by atomic mass is 32.2. The van der Waals surface area contributed by atoms with Gasteiger partial charge in [-0.05, 0) is 38.0 Å². The molecule has 1 amide bonds. The second-order valence-electron chi connectivity index (χ2n) is 7.24. The van der Waals surface area contributed by atoms with Gasteiger partial charge in [-0.25, -0.2) is 8.42 Å². The van der Waals surface area contributed by atoms with Crippen molar-refractivity contribution in [3.8, 4) is 5.75 Å². The molecular formula is C19H29N3O4S. The van der Waals surface area contributed by atoms with E-state index in [1.807, 2.05) is 6.92 Å². The fraction of sp³-hybridized carbons (Fsp3) is 0.632. The summed E-state index contributed by atoms with van der Waals surface area (Å²) in [5.74, 6) is 0.142. The topological polar surface area (TPSA) is 79.0 Å². The van der Waals surface area contributed by atoms with Gasteiger partial charge >= 0.3 is 0 Å². The van der Waals surface area contributed by atoms with Crippen LogP contribution >= 0.6 is 0 Å². The van der Waals surface area contributed by atoms with Crippen molar-refractivity contribution in [2.24, 2.45) is 0 Å². The SMILES string of the molecule is COc1ccc(C(=O)N2CCNC[C@H]2C)cc1S(=O)(=O)N1CCCCCC1. The van der Waals surface area contributed by atoms with E-state index in [0.29, 0.717) is 25.2 Å². The molecule has 0 spiro atoms. The number of benzene rings is 1. The van der Waals surface area contributed by atoms with Gasteiger partial charge in [-0.1, -0.05) is 12.8 Å². The summed E-state index contributed by atoms with van der Waals surface area (Å²) in [6.07, 6.45) is 3.81. The molecule has 1 aromatic rings. The third-order valence-electron chi connectivity index (χ3n) is 5.36. The van der Waals surface area contributed by atoms with Gasteiger partial charge in [0.05, 0.1) is 7.11 Å². The van der Waals surface area contributed by atoms with Crippen LogP contribution in [0, 0.1) is 0 Å². The summed E-state index contributed by atoms with van der Waals surface area (Å²) in [6, 6.07) is 4.79. The number of methoxy groups -OCH3 is 1. The Morgan fingerprint density at radius 3 is 2.48 bits per heavy atom. The van der Waals surface area contributed by atoms with Gasteiger partial charge in [-0.3, -0.25) is 4.79 Å². The molecule has 0 aromatic heterocycles. The zero-order chi connectivity index (χ0) is 19.4. The summed E-state index contributed by atoms with van der Waals surface area (Å²) < 4.78 is 33.3. The summed E-state index contributed by atoms with van der Waals surface area (Å²) in [6.45, 7) is 5.10. The third-order valence-corrected chi connectivity index (χ3v) is 7.28. The van der Waals surface area contributed by atoms with Gasteiger partial charge < -0.3 is 15.0 Å². The Labute approximate surface area is 161 Å². The lowest BCUT2D eigenvalue weighted by Gasteiger charge is -2.34. The Bertz CT molecular complexity index is 773. The first kappa shape index (κ1) is 20.1. The van der Waals surface area contributed by atoms with Crippen LogP contribution in [0.25, 0.3) is 0 Å². The van der Waals surface area contributed by atoms with E-state index < -0.39 is 10.0 Å². The molecule has 2 fully saturated rings. The lowest BCUT2D eigenvalue weighted by molar-refractivity contribution is 0.0655. The van der Waals surface area contributed by atoms with Gasteiger partial charge in [-0.2, -0.15) is 4.31 Å². The molecule has 27 heavy (non-hydrogen) atoms. The van der Waals surface area contributed by atoms with Crippen molar-refractivity contribution < 1.29 is 17.9 Å². The predicted octanol–water partition coefficient (Wildman–Crippen LogP) is 1.69. The average molecular weight is 396 g/mol. The lowest BCUT2D eigenvalue weighted by Crippen LogP contribution is -2.52. The smallest absolute Gasteiger partial charge is 0.254 e. The number of piperazine rings is 1. The van der Waals surface area contributed by atoms with Gasteiger partial charge in [-0.15, -0.1) is 0 Å². The normalized spacial score (nSPS) is 22.3. The molecule has 150 valence electrons. The molecule has 2 saturated heterocycles. The molecule has 0 aliphatic carbocycles. The minimum Gasteiger partial charge on any atom is -0.495 e. The number of ether oxygens (including phenoxy) is 1. The van der Waals surface area contributed by atoms with E-state index in [1.54, 1.807) is 17.0 Å². The molecule has 1 aromatic carbocycles. The number of nitrogens with zero attached hydrogens (tertiary/aromatic N) is 2. The molecule has 2 aliphatic heterocycles. The van der Waals surface area contributed by atoms with Gasteiger partial charge in [0.2, 0.25) is 10.0 Å². The van der Waals surface area contributed by atoms with Gasteiger partial charge in [0.1, 0.15) is 10.6 Å². The molecule has 0 saturated carbocycles. The van der Waals surface area contributed by atoms with Crippen LogP contribution in [0.15, 0.2) is 23.1 Å². The second kappa shape index (κ2) is 8.58. The van der Waals surface area contributed by atoms with Crippen molar-refractivity contribution in [3.05, 3.63) is 23.8 Å². The Morgan fingerprint density at radius 2 is 1.85 bits per heavy atom. The number of hydrogen-bond acceptors (Lipinski definition) is 5. The summed E-state index contributed by atoms with van der Waals surface area (Å²) in [5.41, 5.74) is 0.387. The lowest BCUT2D eigenvalue weighted by atomic mass is 10.1. The molecule has 7 nitrogen and oxygen atoms in total. The Morgan fingerprint density at radius 1 is 1.15 bits per heavy atom. The van der Waals surface area contributed by atoms with Crippen LogP contribution in [-0.4, -0.2) is 69.4 Å². The van der Waals surface area contributed by atoms with Crippen molar-refractivity contribution in [3.63, 3.8) is 0 Å². The van der Waals surface area contributed by atoms with Crippen LogP contribution in [0.2, 0.25) is 0 Å². The number of nitrogens with one attached hydrogen (secondary N) is 1. The van der Waals surface area contributed by atoms with Crippen LogP contribution in [0.1, 0.15) is 43.0 Å². The molecule has 2 heterocycles. The molecule has 2 aliphatic rings. The first-order valence-corrected chi connectivity index (χ1v) is 11.1. The maximum atomic E-state index is 13.2. The number of carbonyl (C=O) groups is 1. The zero-order valence-corrected chi connectivity index (χ0v) is 16.9. The molecule has 0 radical (unpaired) electrons. The first-order chi connectivity index (χ1) is 12.9. The molecule has 1 N–H and O–H groups in total. The molecule has 1 atom stereocenters. The predicted molar refractivity (Wildman–Crippen MR) is 104 cm³/mol. The zero-order valence-electron chi connectivity index (χ0n) is 16.1. The minimum atomic E-state index is -3.70. The number of hydrogen-bond donors (Lipinski definition) is 1. The fourth-order valence-electron chi connectivity index (χ4n) is 3.74. The Kier molecular flexibility index (Phi) is 6.39. The van der Waals surface area contributed by atoms with Gasteiger partial charge in [0.25, 0.3) is 5.91 Å². The maximum absolute atomic E-state index is 13.2. The van der Waals surface area contributed by atoms with E-state index in [9.17, 15) is 13.2 Å². The van der Waals surface area contributed by atoms with E-state index in [-0.39, 0.29) is 22.6 Å². The second-order valence-corrected chi connectivity index (χ2v) is 9.14. The van der Waals surface area contributed by atoms with Crippen LogP contribution in [0.3, 0.4) is 0 Å². The van der Waals surface area contributed by atoms with E-state index in [4.69, 9.17) is 4.74 Å². The number of rotatable bonds is 4. The standard InChI is InChI=1S/C19H29N3O4S/c1-15-14-20-9-12-22(15)19(23)16-7-8-17(26-2)18(13-16)27(24,25)21-10-5-3-4-6-11-21/h7-8,13,15,20H,3-6,9-12,14H2,1-2H3/t15-/m1/s1. The van der Waals surface area contributed by atoms with Gasteiger partial charge in [0, 0.05) is 44.3 Å². The maximum Gasteiger partial charge on any atom is 0.254 e. The van der Waals surface area contributed by atoms with Crippen molar-refractivity contribution in [2.75, 3.05) is 39.8 Å². The highest BCUT2D eigenvalue weighted by molar-refractivity contribution is 7.89. The quantitative estimate of drug-likeness (QED) is 0.839. The highest BCUT2D eigenvalue weighted by Crippen LogP contribution is 2.30. The van der Waals surface area contributed by atoms with Crippen LogP contribution in [0.5, 0.6) is 5.75 Å². The third kappa shape index (κ3) is 4.28. The van der Waals surface area contributed by atoms with Crippen molar-refractivity contribution in [1.29, 1.82) is 0 Å². The van der Waals surface area contributed by atoms with E-state index >= 15 is 0 Å². The van der Waals surface area contributed by atoms with Crippen molar-refractivity contribution >= 4 is 15.9 Å². The Balaban J connectivity index is 1.94. The van der Waals surface area contributed by atoms with Crippen LogP contribution in [-0.2, 0) is 10.0 Å². The summed E-state index contributed by atoms with van der Waals surface area (Å²) >= 11 is 0. The summed E-state index contributed by atoms with van der Waals surface area (Å²) in [4.78, 5) is 14.8. The monoisotopic (exact) mass is 395 g/mol. The number of carbonyl (C=O) groups excluding carboxylic acids is 1. The molecule has 8 heteroatoms. The highest BCUT2D eigenvalue weighted by Gasteiger charge is 2.31. The molecule has 3 rings (SSSR count). The number of sulfonamides is 1. The van der Waals surface area contributed by atoms with Crippen LogP contribution < -0.4 is 10.1 Å². The van der Waals surface area contributed by atoms with Crippen molar-refractivity contribution in [1.82, 2.24) is 14.5 Å². The Hall–Kier alpha value is -1.64. The number of amides is 1. The largest absolute Gasteiger partial charge is 0.495 e. The van der Waals surface area contributed by atoms with E-state index in [2.05, 4.69) is 5.32 Å². The minimum absolute atomic E-state index is 0.0685. The van der Waals surface area contributed by atoms with E-state index in [1.165, 1.54) is 17.5 Å². The van der Waals surface area contributed by atoms with Crippen LogP contribution in [0.4, 0.5) is 0 Å². The average Bonchev–Trinajstić information content (AvgIpc) is 2.97. The fourth-order valence-corrected chi connectivity index (χ4v) is 5.44. The van der Waals surface area contributed by atoms with Gasteiger partial charge in [0.15, 0.2) is 0 Å². The van der Waals surface area contributed by atoms with Crippen molar-refractivity contribution in [2.45, 2.75) is 43.5 Å². The first-order valence-electron chi connectivity index (χ1n) is 9.65. The molecule has 0 unspecified atom stereocenters. The van der Waals surface area contributed by atoms with E-state index in [0.717, 1.165) is 38.8 Å².